The summed E-state index contributed by atoms with van der Waals surface area (Å²) in [5.41, 5.74) is 0.591. The van der Waals surface area contributed by atoms with E-state index < -0.39 is 5.91 Å². The van der Waals surface area contributed by atoms with Gasteiger partial charge in [-0.15, -0.1) is 5.11 Å². The summed E-state index contributed by atoms with van der Waals surface area (Å²) in [5.74, 6) is -0.434. The van der Waals surface area contributed by atoms with Crippen LogP contribution in [0.4, 0.5) is 11.4 Å². The zero-order valence-electron chi connectivity index (χ0n) is 13.5. The van der Waals surface area contributed by atoms with Crippen LogP contribution < -0.4 is 10.1 Å². The zero-order chi connectivity index (χ0) is 18.4. The predicted octanol–water partition coefficient (Wildman–Crippen LogP) is 5.51. The van der Waals surface area contributed by atoms with Crippen LogP contribution in [0.15, 0.2) is 64.1 Å². The van der Waals surface area contributed by atoms with Crippen LogP contribution in [0.25, 0.3) is 0 Å². The fourth-order valence-electron chi connectivity index (χ4n) is 1.87. The standard InChI is InChI=1S/C17H15Cl2N3O3/c1-10(23)16(22-21-11-7-8-12(18)13(19)9-11)17(24)20-14-5-3-4-6-15(14)25-2/h3-9,23H,1-2H3,(H,20,24). The van der Waals surface area contributed by atoms with Gasteiger partial charge in [0.05, 0.1) is 28.5 Å². The van der Waals surface area contributed by atoms with Crippen molar-refractivity contribution in [2.24, 2.45) is 10.2 Å². The Balaban J connectivity index is 2.23. The molecule has 0 atom stereocenters. The van der Waals surface area contributed by atoms with Crippen LogP contribution in [0.2, 0.25) is 10.0 Å². The van der Waals surface area contributed by atoms with E-state index in [9.17, 15) is 9.90 Å². The molecule has 8 heteroatoms. The summed E-state index contributed by atoms with van der Waals surface area (Å²) >= 11 is 11.7. The fourth-order valence-corrected chi connectivity index (χ4v) is 2.16. The Morgan fingerprint density at radius 1 is 1.16 bits per heavy atom. The van der Waals surface area contributed by atoms with E-state index in [1.54, 1.807) is 36.4 Å². The number of carbonyl (C=O) groups is 1. The van der Waals surface area contributed by atoms with E-state index in [4.69, 9.17) is 27.9 Å². The third-order valence-electron chi connectivity index (χ3n) is 3.08. The molecule has 2 aromatic rings. The number of halogens is 2. The summed E-state index contributed by atoms with van der Waals surface area (Å²) in [5, 5.41) is 20.8. The Hall–Kier alpha value is -2.57. The molecule has 0 bridgehead atoms. The van der Waals surface area contributed by atoms with Crippen LogP contribution in [0.5, 0.6) is 5.75 Å². The number of para-hydroxylation sites is 2. The highest BCUT2D eigenvalue weighted by Crippen LogP contribution is 2.28. The smallest absolute Gasteiger partial charge is 0.279 e. The van der Waals surface area contributed by atoms with Gasteiger partial charge in [0.25, 0.3) is 5.91 Å². The highest BCUT2D eigenvalue weighted by Gasteiger charge is 2.15. The second-order valence-corrected chi connectivity index (χ2v) is 5.70. The number of nitrogens with one attached hydrogen (secondary N) is 1. The van der Waals surface area contributed by atoms with Crippen LogP contribution in [0, 0.1) is 0 Å². The maximum atomic E-state index is 12.4. The van der Waals surface area contributed by atoms with Crippen molar-refractivity contribution in [3.63, 3.8) is 0 Å². The number of methoxy groups -OCH3 is 1. The number of aliphatic hydroxyl groups excluding tert-OH is 1. The van der Waals surface area contributed by atoms with Crippen LogP contribution in [0.3, 0.4) is 0 Å². The molecule has 2 aromatic carbocycles. The summed E-state index contributed by atoms with van der Waals surface area (Å²) < 4.78 is 5.17. The molecule has 0 heterocycles. The Bertz CT molecular complexity index is 847. The average molecular weight is 380 g/mol. The molecule has 130 valence electrons. The van der Waals surface area contributed by atoms with Gasteiger partial charge in [-0.05, 0) is 37.3 Å². The number of nitrogens with zero attached hydrogens (tertiary/aromatic N) is 2. The minimum atomic E-state index is -0.631. The molecule has 6 nitrogen and oxygen atoms in total. The van der Waals surface area contributed by atoms with Gasteiger partial charge in [0.1, 0.15) is 11.5 Å². The van der Waals surface area contributed by atoms with Crippen molar-refractivity contribution >= 4 is 40.5 Å². The minimum Gasteiger partial charge on any atom is -0.510 e. The summed E-state index contributed by atoms with van der Waals surface area (Å²) in [6.45, 7) is 1.34. The van der Waals surface area contributed by atoms with E-state index >= 15 is 0 Å². The maximum absolute atomic E-state index is 12.4. The second-order valence-electron chi connectivity index (χ2n) is 4.89. The van der Waals surface area contributed by atoms with Crippen molar-refractivity contribution < 1.29 is 14.6 Å². The third kappa shape index (κ3) is 4.95. The topological polar surface area (TPSA) is 83.3 Å². The van der Waals surface area contributed by atoms with Crippen LogP contribution >= 0.6 is 23.2 Å². The van der Waals surface area contributed by atoms with Gasteiger partial charge >= 0.3 is 0 Å². The average Bonchev–Trinajstić information content (AvgIpc) is 2.58. The molecule has 0 aliphatic rings. The second kappa shape index (κ2) is 8.50. The molecule has 25 heavy (non-hydrogen) atoms. The molecule has 0 saturated heterocycles. The number of carbonyl (C=O) groups excluding carboxylic acids is 1. The van der Waals surface area contributed by atoms with Gasteiger partial charge in [-0.3, -0.25) is 4.79 Å². The van der Waals surface area contributed by atoms with Gasteiger partial charge in [-0.2, -0.15) is 5.11 Å². The number of anilines is 1. The lowest BCUT2D eigenvalue weighted by molar-refractivity contribution is -0.113. The number of hydrogen-bond donors (Lipinski definition) is 2. The van der Waals surface area contributed by atoms with Gasteiger partial charge < -0.3 is 15.2 Å². The van der Waals surface area contributed by atoms with Crippen molar-refractivity contribution in [2.45, 2.75) is 6.92 Å². The van der Waals surface area contributed by atoms with Crippen LogP contribution in [-0.4, -0.2) is 18.1 Å². The highest BCUT2D eigenvalue weighted by atomic mass is 35.5. The van der Waals surface area contributed by atoms with Gasteiger partial charge in [0, 0.05) is 0 Å². The van der Waals surface area contributed by atoms with Crippen molar-refractivity contribution in [1.29, 1.82) is 0 Å². The summed E-state index contributed by atoms with van der Waals surface area (Å²) in [6, 6.07) is 11.5. The molecular formula is C17H15Cl2N3O3. The van der Waals surface area contributed by atoms with E-state index in [-0.39, 0.29) is 11.5 Å². The number of rotatable bonds is 5. The first-order valence-corrected chi connectivity index (χ1v) is 7.89. The molecule has 0 fully saturated rings. The lowest BCUT2D eigenvalue weighted by Crippen LogP contribution is -2.15. The normalized spacial score (nSPS) is 12.0. The molecule has 0 unspecified atom stereocenters. The van der Waals surface area contributed by atoms with E-state index in [0.717, 1.165) is 0 Å². The first kappa shape index (κ1) is 18.8. The number of aliphatic hydroxyl groups is 1. The van der Waals surface area contributed by atoms with Crippen molar-refractivity contribution in [2.75, 3.05) is 12.4 Å². The molecule has 0 aliphatic carbocycles. The molecule has 2 rings (SSSR count). The SMILES string of the molecule is COc1ccccc1NC(=O)C(N=Nc1ccc(Cl)c(Cl)c1)=C(C)O. The van der Waals surface area contributed by atoms with Gasteiger partial charge in [-0.1, -0.05) is 35.3 Å². The number of hydrogen-bond acceptors (Lipinski definition) is 5. The zero-order valence-corrected chi connectivity index (χ0v) is 15.0. The van der Waals surface area contributed by atoms with Gasteiger partial charge in [0.15, 0.2) is 5.70 Å². The molecule has 0 spiro atoms. The number of allylic oxidation sites excluding steroid dienone is 1. The largest absolute Gasteiger partial charge is 0.510 e. The van der Waals surface area contributed by atoms with Crippen molar-refractivity contribution in [3.05, 3.63) is 64.0 Å². The molecule has 0 aromatic heterocycles. The lowest BCUT2D eigenvalue weighted by atomic mass is 10.2. The quantitative estimate of drug-likeness (QED) is 0.407. The monoisotopic (exact) mass is 379 g/mol. The fraction of sp³-hybridized carbons (Fsp3) is 0.118. The predicted molar refractivity (Wildman–Crippen MR) is 97.9 cm³/mol. The molecule has 2 N–H and O–H groups in total. The minimum absolute atomic E-state index is 0.239. The van der Waals surface area contributed by atoms with Crippen molar-refractivity contribution in [1.82, 2.24) is 0 Å². The van der Waals surface area contributed by atoms with E-state index in [2.05, 4.69) is 15.5 Å². The first-order valence-electron chi connectivity index (χ1n) is 7.13. The van der Waals surface area contributed by atoms with Gasteiger partial charge in [-0.25, -0.2) is 0 Å². The van der Waals surface area contributed by atoms with Crippen LogP contribution in [-0.2, 0) is 4.79 Å². The molecule has 0 saturated carbocycles. The van der Waals surface area contributed by atoms with E-state index in [1.165, 1.54) is 20.1 Å². The number of ether oxygens (including phenoxy) is 1. The first-order chi connectivity index (χ1) is 11.9. The lowest BCUT2D eigenvalue weighted by Gasteiger charge is -2.09. The molecule has 1 amide bonds. The van der Waals surface area contributed by atoms with Crippen molar-refractivity contribution in [3.8, 4) is 5.75 Å². The highest BCUT2D eigenvalue weighted by molar-refractivity contribution is 6.42. The Morgan fingerprint density at radius 3 is 2.52 bits per heavy atom. The van der Waals surface area contributed by atoms with E-state index in [0.29, 0.717) is 27.2 Å². The molecule has 0 radical (unpaired) electrons. The Labute approximate surface area is 154 Å². The number of azo groups is 1. The summed E-state index contributed by atoms with van der Waals surface area (Å²) in [6.07, 6.45) is 0. The molecule has 0 aliphatic heterocycles. The Morgan fingerprint density at radius 2 is 1.88 bits per heavy atom. The van der Waals surface area contributed by atoms with E-state index in [1.807, 2.05) is 0 Å². The van der Waals surface area contributed by atoms with Crippen LogP contribution in [0.1, 0.15) is 6.92 Å². The summed E-state index contributed by atoms with van der Waals surface area (Å²) in [7, 11) is 1.49. The number of benzene rings is 2. The third-order valence-corrected chi connectivity index (χ3v) is 3.82. The maximum Gasteiger partial charge on any atom is 0.279 e. The molecular weight excluding hydrogens is 365 g/mol. The summed E-state index contributed by atoms with van der Waals surface area (Å²) in [4.78, 5) is 12.4. The van der Waals surface area contributed by atoms with Gasteiger partial charge in [0.2, 0.25) is 0 Å². The Kier molecular flexibility index (Phi) is 6.38. The number of amides is 1.